The second-order valence-electron chi connectivity index (χ2n) is 2.64. The van der Waals surface area contributed by atoms with Crippen molar-refractivity contribution in [3.63, 3.8) is 0 Å². The molecule has 0 unspecified atom stereocenters. The van der Waals surface area contributed by atoms with Gasteiger partial charge in [-0.15, -0.1) is 12.6 Å². The Kier molecular flexibility index (Phi) is 2.93. The molecule has 4 heteroatoms. The molecule has 0 aliphatic heterocycles. The first-order valence-electron chi connectivity index (χ1n) is 3.81. The SMILES string of the molecule is CCc1cc(S)c(F)c(C(=O)O)c1. The molecule has 1 rings (SSSR count). The minimum absolute atomic E-state index is 0.0803. The lowest BCUT2D eigenvalue weighted by Crippen LogP contribution is -2.02. The molecule has 1 aromatic carbocycles. The minimum Gasteiger partial charge on any atom is -0.478 e. The minimum atomic E-state index is -1.26. The van der Waals surface area contributed by atoms with Crippen molar-refractivity contribution in [1.82, 2.24) is 0 Å². The zero-order chi connectivity index (χ0) is 10.0. The van der Waals surface area contributed by atoms with Gasteiger partial charge in [0.2, 0.25) is 0 Å². The Morgan fingerprint density at radius 2 is 2.23 bits per heavy atom. The quantitative estimate of drug-likeness (QED) is 0.719. The molecule has 0 amide bonds. The predicted octanol–water partition coefficient (Wildman–Crippen LogP) is 2.38. The van der Waals surface area contributed by atoms with Crippen LogP contribution < -0.4 is 0 Å². The highest BCUT2D eigenvalue weighted by Gasteiger charge is 2.13. The number of halogens is 1. The number of hydrogen-bond acceptors (Lipinski definition) is 2. The third-order valence-corrected chi connectivity index (χ3v) is 2.08. The lowest BCUT2D eigenvalue weighted by atomic mass is 10.1. The van der Waals surface area contributed by atoms with Crippen LogP contribution in [0.3, 0.4) is 0 Å². The van der Waals surface area contributed by atoms with Gasteiger partial charge in [-0.2, -0.15) is 0 Å². The van der Waals surface area contributed by atoms with Crippen molar-refractivity contribution in [2.45, 2.75) is 18.2 Å². The Hall–Kier alpha value is -1.03. The van der Waals surface area contributed by atoms with Gasteiger partial charge in [-0.25, -0.2) is 9.18 Å². The number of thiol groups is 1. The van der Waals surface area contributed by atoms with E-state index in [0.29, 0.717) is 6.42 Å². The Bertz CT molecular complexity index is 350. The summed E-state index contributed by atoms with van der Waals surface area (Å²) < 4.78 is 13.1. The van der Waals surface area contributed by atoms with Crippen LogP contribution in [-0.2, 0) is 6.42 Å². The van der Waals surface area contributed by atoms with E-state index >= 15 is 0 Å². The van der Waals surface area contributed by atoms with Crippen LogP contribution in [0.1, 0.15) is 22.8 Å². The van der Waals surface area contributed by atoms with Gasteiger partial charge in [-0.1, -0.05) is 6.92 Å². The van der Waals surface area contributed by atoms with Gasteiger partial charge in [0.15, 0.2) is 5.82 Å². The number of aryl methyl sites for hydroxylation is 1. The van der Waals surface area contributed by atoms with Crippen LogP contribution in [0.4, 0.5) is 4.39 Å². The van der Waals surface area contributed by atoms with Crippen LogP contribution in [0.15, 0.2) is 17.0 Å². The van der Waals surface area contributed by atoms with Gasteiger partial charge in [-0.05, 0) is 24.1 Å². The van der Waals surface area contributed by atoms with E-state index in [-0.39, 0.29) is 10.5 Å². The highest BCUT2D eigenvalue weighted by Crippen LogP contribution is 2.19. The van der Waals surface area contributed by atoms with Crippen LogP contribution in [0, 0.1) is 5.82 Å². The molecule has 1 aromatic rings. The Labute approximate surface area is 80.8 Å². The Morgan fingerprint density at radius 1 is 1.62 bits per heavy atom. The van der Waals surface area contributed by atoms with Gasteiger partial charge in [0.25, 0.3) is 0 Å². The topological polar surface area (TPSA) is 37.3 Å². The molecule has 0 saturated carbocycles. The van der Waals surface area contributed by atoms with Gasteiger partial charge < -0.3 is 5.11 Å². The molecule has 0 aliphatic carbocycles. The van der Waals surface area contributed by atoms with Crippen LogP contribution in [0.2, 0.25) is 0 Å². The summed E-state index contributed by atoms with van der Waals surface area (Å²) in [5.41, 5.74) is 0.452. The number of carbonyl (C=O) groups is 1. The lowest BCUT2D eigenvalue weighted by molar-refractivity contribution is 0.0691. The molecule has 0 bridgehead atoms. The molecule has 0 radical (unpaired) electrons. The van der Waals surface area contributed by atoms with E-state index in [9.17, 15) is 9.18 Å². The fraction of sp³-hybridized carbons (Fsp3) is 0.222. The highest BCUT2D eigenvalue weighted by molar-refractivity contribution is 7.80. The van der Waals surface area contributed by atoms with E-state index in [1.807, 2.05) is 6.92 Å². The second kappa shape index (κ2) is 3.79. The first-order valence-corrected chi connectivity index (χ1v) is 4.25. The van der Waals surface area contributed by atoms with Crippen molar-refractivity contribution >= 4 is 18.6 Å². The first kappa shape index (κ1) is 10.1. The molecule has 0 heterocycles. The van der Waals surface area contributed by atoms with Gasteiger partial charge >= 0.3 is 5.97 Å². The van der Waals surface area contributed by atoms with Gasteiger partial charge in [0.1, 0.15) is 0 Å². The third kappa shape index (κ3) is 2.01. The summed E-state index contributed by atoms with van der Waals surface area (Å²) in [6.45, 7) is 1.87. The van der Waals surface area contributed by atoms with E-state index < -0.39 is 11.8 Å². The number of benzene rings is 1. The molecular formula is C9H9FO2S. The smallest absolute Gasteiger partial charge is 0.338 e. The summed E-state index contributed by atoms with van der Waals surface area (Å²) in [6.07, 6.45) is 0.661. The number of carboxylic acids is 1. The molecule has 70 valence electrons. The predicted molar refractivity (Wildman–Crippen MR) is 50.0 cm³/mol. The van der Waals surface area contributed by atoms with Crippen LogP contribution in [0.5, 0.6) is 0 Å². The standard InChI is InChI=1S/C9H9FO2S/c1-2-5-3-6(9(11)12)8(10)7(13)4-5/h3-4,13H,2H2,1H3,(H,11,12). The molecule has 0 aliphatic rings. The van der Waals surface area contributed by atoms with E-state index in [2.05, 4.69) is 12.6 Å². The second-order valence-corrected chi connectivity index (χ2v) is 3.12. The normalized spacial score (nSPS) is 10.1. The third-order valence-electron chi connectivity index (χ3n) is 1.75. The summed E-state index contributed by atoms with van der Waals surface area (Å²) >= 11 is 3.85. The summed E-state index contributed by atoms with van der Waals surface area (Å²) in [5, 5.41) is 8.64. The van der Waals surface area contributed by atoms with E-state index in [1.165, 1.54) is 12.1 Å². The van der Waals surface area contributed by atoms with Crippen molar-refractivity contribution in [2.75, 3.05) is 0 Å². The van der Waals surface area contributed by atoms with Gasteiger partial charge in [0, 0.05) is 4.90 Å². The maximum atomic E-state index is 13.1. The van der Waals surface area contributed by atoms with E-state index in [4.69, 9.17) is 5.11 Å². The summed E-state index contributed by atoms with van der Waals surface area (Å²) in [5.74, 6) is -2.03. The molecular weight excluding hydrogens is 191 g/mol. The van der Waals surface area contributed by atoms with Crippen molar-refractivity contribution in [2.24, 2.45) is 0 Å². The highest BCUT2D eigenvalue weighted by atomic mass is 32.1. The molecule has 0 saturated heterocycles. The molecule has 1 N–H and O–H groups in total. The van der Waals surface area contributed by atoms with Gasteiger partial charge in [0.05, 0.1) is 5.56 Å². The zero-order valence-corrected chi connectivity index (χ0v) is 7.94. The zero-order valence-electron chi connectivity index (χ0n) is 7.04. The maximum Gasteiger partial charge on any atom is 0.338 e. The fourth-order valence-electron chi connectivity index (χ4n) is 1.03. The van der Waals surface area contributed by atoms with Crippen molar-refractivity contribution < 1.29 is 14.3 Å². The van der Waals surface area contributed by atoms with E-state index in [0.717, 1.165) is 5.56 Å². The van der Waals surface area contributed by atoms with Crippen LogP contribution in [0.25, 0.3) is 0 Å². The number of hydrogen-bond donors (Lipinski definition) is 2. The first-order chi connectivity index (χ1) is 6.06. The van der Waals surface area contributed by atoms with Crippen molar-refractivity contribution in [1.29, 1.82) is 0 Å². The number of rotatable bonds is 2. The number of aromatic carboxylic acids is 1. The average Bonchev–Trinajstić information content (AvgIpc) is 2.09. The van der Waals surface area contributed by atoms with E-state index in [1.54, 1.807) is 0 Å². The summed E-state index contributed by atoms with van der Waals surface area (Å²) in [6, 6.07) is 2.86. The molecule has 2 nitrogen and oxygen atoms in total. The maximum absolute atomic E-state index is 13.1. The summed E-state index contributed by atoms with van der Waals surface area (Å²) in [7, 11) is 0. The Morgan fingerprint density at radius 3 is 2.69 bits per heavy atom. The lowest BCUT2D eigenvalue weighted by Gasteiger charge is -2.03. The molecule has 0 atom stereocenters. The Balaban J connectivity index is 3.33. The van der Waals surface area contributed by atoms with Gasteiger partial charge in [-0.3, -0.25) is 0 Å². The number of carboxylic acid groups (broad SMARTS) is 1. The molecule has 0 spiro atoms. The van der Waals surface area contributed by atoms with Crippen molar-refractivity contribution in [3.05, 3.63) is 29.1 Å². The van der Waals surface area contributed by atoms with Crippen LogP contribution in [-0.4, -0.2) is 11.1 Å². The molecule has 0 aromatic heterocycles. The van der Waals surface area contributed by atoms with Crippen LogP contribution >= 0.6 is 12.6 Å². The fourth-order valence-corrected chi connectivity index (χ4v) is 1.31. The monoisotopic (exact) mass is 200 g/mol. The van der Waals surface area contributed by atoms with Crippen molar-refractivity contribution in [3.8, 4) is 0 Å². The average molecular weight is 200 g/mol. The molecule has 0 fully saturated rings. The summed E-state index contributed by atoms with van der Waals surface area (Å²) in [4.78, 5) is 10.6. The molecule has 13 heavy (non-hydrogen) atoms. The largest absolute Gasteiger partial charge is 0.478 e.